The predicted molar refractivity (Wildman–Crippen MR) is 78.4 cm³/mol. The first kappa shape index (κ1) is 13.3. The summed E-state index contributed by atoms with van der Waals surface area (Å²) in [5.41, 5.74) is 8.16. The third-order valence-corrected chi connectivity index (χ3v) is 3.93. The second kappa shape index (κ2) is 6.69. The van der Waals surface area contributed by atoms with Gasteiger partial charge in [0, 0.05) is 24.5 Å². The monoisotopic (exact) mass is 260 g/mol. The lowest BCUT2D eigenvalue weighted by Crippen LogP contribution is -2.21. The lowest BCUT2D eigenvalue weighted by Gasteiger charge is -2.19. The molecule has 1 aromatic carbocycles. The Morgan fingerprint density at radius 3 is 2.33 bits per heavy atom. The van der Waals surface area contributed by atoms with Crippen molar-refractivity contribution in [2.24, 2.45) is 5.73 Å². The summed E-state index contributed by atoms with van der Waals surface area (Å²) < 4.78 is 0. The van der Waals surface area contributed by atoms with Crippen molar-refractivity contribution in [3.05, 3.63) is 57.8 Å². The summed E-state index contributed by atoms with van der Waals surface area (Å²) >= 11 is 1.83. The van der Waals surface area contributed by atoms with Gasteiger partial charge in [0.2, 0.25) is 0 Å². The summed E-state index contributed by atoms with van der Waals surface area (Å²) in [5.74, 6) is 0. The first-order chi connectivity index (χ1) is 8.81. The van der Waals surface area contributed by atoms with E-state index in [1.807, 2.05) is 11.3 Å². The molecule has 0 saturated heterocycles. The van der Waals surface area contributed by atoms with Crippen molar-refractivity contribution in [2.75, 3.05) is 6.54 Å². The molecule has 18 heavy (non-hydrogen) atoms. The zero-order valence-corrected chi connectivity index (χ0v) is 11.6. The van der Waals surface area contributed by atoms with E-state index in [9.17, 15) is 0 Å². The van der Waals surface area contributed by atoms with Crippen LogP contribution in [0.4, 0.5) is 0 Å². The van der Waals surface area contributed by atoms with Crippen LogP contribution in [0.15, 0.2) is 41.8 Å². The molecule has 0 aliphatic carbocycles. The van der Waals surface area contributed by atoms with Gasteiger partial charge in [0.1, 0.15) is 0 Å². The molecular weight excluding hydrogens is 240 g/mol. The molecule has 3 heteroatoms. The molecule has 0 saturated carbocycles. The molecule has 0 fully saturated rings. The van der Waals surface area contributed by atoms with Gasteiger partial charge in [-0.1, -0.05) is 37.3 Å². The fourth-order valence-electron chi connectivity index (χ4n) is 1.94. The number of nitrogens with two attached hydrogens (primary N) is 1. The van der Waals surface area contributed by atoms with Crippen LogP contribution in [0.1, 0.15) is 22.9 Å². The van der Waals surface area contributed by atoms with E-state index < -0.39 is 0 Å². The molecule has 2 rings (SSSR count). The molecular formula is C15H20N2S. The molecule has 0 aliphatic heterocycles. The Balaban J connectivity index is 1.96. The summed E-state index contributed by atoms with van der Waals surface area (Å²) in [6, 6.07) is 12.9. The minimum absolute atomic E-state index is 0.618. The smallest absolute Gasteiger partial charge is 0.0331 e. The van der Waals surface area contributed by atoms with Gasteiger partial charge in [-0.2, -0.15) is 0 Å². The largest absolute Gasteiger partial charge is 0.326 e. The Labute approximate surface area is 113 Å². The third kappa shape index (κ3) is 3.67. The zero-order valence-electron chi connectivity index (χ0n) is 10.8. The molecule has 0 atom stereocenters. The van der Waals surface area contributed by atoms with Crippen molar-refractivity contribution in [2.45, 2.75) is 26.6 Å². The number of hydrogen-bond acceptors (Lipinski definition) is 3. The Bertz CT molecular complexity index is 448. The second-order valence-electron chi connectivity index (χ2n) is 4.40. The first-order valence-electron chi connectivity index (χ1n) is 6.34. The molecule has 0 aliphatic rings. The van der Waals surface area contributed by atoms with E-state index in [1.165, 1.54) is 16.0 Å². The minimum atomic E-state index is 0.618. The number of hydrogen-bond donors (Lipinski definition) is 1. The van der Waals surface area contributed by atoms with Crippen LogP contribution in [0.25, 0.3) is 0 Å². The molecule has 0 spiro atoms. The molecule has 0 unspecified atom stereocenters. The van der Waals surface area contributed by atoms with E-state index >= 15 is 0 Å². The van der Waals surface area contributed by atoms with Gasteiger partial charge >= 0.3 is 0 Å². The lowest BCUT2D eigenvalue weighted by atomic mass is 10.1. The number of benzene rings is 1. The van der Waals surface area contributed by atoms with E-state index in [-0.39, 0.29) is 0 Å². The second-order valence-corrected chi connectivity index (χ2v) is 5.44. The Morgan fingerprint density at radius 1 is 1.06 bits per heavy atom. The van der Waals surface area contributed by atoms with Crippen LogP contribution in [0.5, 0.6) is 0 Å². The quantitative estimate of drug-likeness (QED) is 0.864. The van der Waals surface area contributed by atoms with E-state index in [1.54, 1.807) is 0 Å². The third-order valence-electron chi connectivity index (χ3n) is 3.07. The SMILES string of the molecule is CCN(Cc1ccc(CN)cc1)Cc1cccs1. The maximum Gasteiger partial charge on any atom is 0.0331 e. The maximum absolute atomic E-state index is 5.61. The fourth-order valence-corrected chi connectivity index (χ4v) is 2.69. The van der Waals surface area contributed by atoms with E-state index in [4.69, 9.17) is 5.73 Å². The Hall–Kier alpha value is -1.16. The molecule has 2 nitrogen and oxygen atoms in total. The molecule has 2 aromatic rings. The van der Waals surface area contributed by atoms with E-state index in [2.05, 4.69) is 53.6 Å². The van der Waals surface area contributed by atoms with Crippen LogP contribution in [0.2, 0.25) is 0 Å². The standard InChI is InChI=1S/C15H20N2S/c1-2-17(12-15-4-3-9-18-15)11-14-7-5-13(10-16)6-8-14/h3-9H,2,10-12,16H2,1H3. The number of nitrogens with zero attached hydrogens (tertiary/aromatic N) is 1. The average Bonchev–Trinajstić information content (AvgIpc) is 2.91. The van der Waals surface area contributed by atoms with Crippen molar-refractivity contribution >= 4 is 11.3 Å². The molecule has 96 valence electrons. The van der Waals surface area contributed by atoms with Gasteiger partial charge < -0.3 is 5.73 Å². The van der Waals surface area contributed by atoms with Crippen molar-refractivity contribution < 1.29 is 0 Å². The summed E-state index contributed by atoms with van der Waals surface area (Å²) in [5, 5.41) is 2.14. The molecule has 0 amide bonds. The Morgan fingerprint density at radius 2 is 1.78 bits per heavy atom. The van der Waals surface area contributed by atoms with Gasteiger partial charge in [-0.3, -0.25) is 4.90 Å². The summed E-state index contributed by atoms with van der Waals surface area (Å²) in [6.45, 7) is 5.93. The van der Waals surface area contributed by atoms with Crippen molar-refractivity contribution in [3.8, 4) is 0 Å². The van der Waals surface area contributed by atoms with Gasteiger partial charge in [-0.25, -0.2) is 0 Å². The molecule has 0 bridgehead atoms. The highest BCUT2D eigenvalue weighted by Gasteiger charge is 2.05. The lowest BCUT2D eigenvalue weighted by molar-refractivity contribution is 0.274. The predicted octanol–water partition coefficient (Wildman–Crippen LogP) is 3.23. The summed E-state index contributed by atoms with van der Waals surface area (Å²) in [4.78, 5) is 3.87. The minimum Gasteiger partial charge on any atom is -0.326 e. The van der Waals surface area contributed by atoms with E-state index in [0.717, 1.165) is 19.6 Å². The van der Waals surface area contributed by atoms with E-state index in [0.29, 0.717) is 6.54 Å². The van der Waals surface area contributed by atoms with Gasteiger partial charge in [0.15, 0.2) is 0 Å². The molecule has 1 aromatic heterocycles. The van der Waals surface area contributed by atoms with Crippen LogP contribution < -0.4 is 5.73 Å². The average molecular weight is 260 g/mol. The highest BCUT2D eigenvalue weighted by molar-refractivity contribution is 7.09. The summed E-state index contributed by atoms with van der Waals surface area (Å²) in [6.07, 6.45) is 0. The molecule has 1 heterocycles. The van der Waals surface area contributed by atoms with Crippen LogP contribution in [-0.2, 0) is 19.6 Å². The van der Waals surface area contributed by atoms with Crippen LogP contribution in [0, 0.1) is 0 Å². The van der Waals surface area contributed by atoms with Crippen molar-refractivity contribution in [1.82, 2.24) is 4.90 Å². The van der Waals surface area contributed by atoms with Crippen LogP contribution >= 0.6 is 11.3 Å². The van der Waals surface area contributed by atoms with Crippen molar-refractivity contribution in [1.29, 1.82) is 0 Å². The van der Waals surface area contributed by atoms with Gasteiger partial charge in [-0.15, -0.1) is 11.3 Å². The number of thiophene rings is 1. The van der Waals surface area contributed by atoms with Crippen molar-refractivity contribution in [3.63, 3.8) is 0 Å². The topological polar surface area (TPSA) is 29.3 Å². The molecule has 2 N–H and O–H groups in total. The first-order valence-corrected chi connectivity index (χ1v) is 7.22. The number of rotatable bonds is 6. The van der Waals surface area contributed by atoms with Gasteiger partial charge in [-0.05, 0) is 29.1 Å². The molecule has 0 radical (unpaired) electrons. The highest BCUT2D eigenvalue weighted by Crippen LogP contribution is 2.14. The highest BCUT2D eigenvalue weighted by atomic mass is 32.1. The van der Waals surface area contributed by atoms with Gasteiger partial charge in [0.05, 0.1) is 0 Å². The van der Waals surface area contributed by atoms with Crippen LogP contribution in [-0.4, -0.2) is 11.4 Å². The summed E-state index contributed by atoms with van der Waals surface area (Å²) in [7, 11) is 0. The maximum atomic E-state index is 5.61. The zero-order chi connectivity index (χ0) is 12.8. The van der Waals surface area contributed by atoms with Crippen LogP contribution in [0.3, 0.4) is 0 Å². The Kier molecular flexibility index (Phi) is 4.93. The normalized spacial score (nSPS) is 11.1. The fraction of sp³-hybridized carbons (Fsp3) is 0.333. The van der Waals surface area contributed by atoms with Gasteiger partial charge in [0.25, 0.3) is 0 Å².